The molecule has 0 atom stereocenters. The monoisotopic (exact) mass is 370 g/mol. The van der Waals surface area contributed by atoms with Gasteiger partial charge in [0.05, 0.1) is 7.11 Å². The van der Waals surface area contributed by atoms with E-state index >= 15 is 0 Å². The number of rotatable bonds is 4. The fraction of sp³-hybridized carbons (Fsp3) is 0.474. The second-order valence-corrected chi connectivity index (χ2v) is 7.05. The number of amides is 3. The number of imide groups is 1. The van der Waals surface area contributed by atoms with Gasteiger partial charge in [0.15, 0.2) is 0 Å². The van der Waals surface area contributed by atoms with Crippen LogP contribution in [0.1, 0.15) is 38.0 Å². The highest BCUT2D eigenvalue weighted by Gasteiger charge is 2.55. The van der Waals surface area contributed by atoms with E-state index in [1.54, 1.807) is 31.2 Å². The number of urea groups is 1. The van der Waals surface area contributed by atoms with E-state index < -0.39 is 5.54 Å². The van der Waals surface area contributed by atoms with E-state index in [0.717, 1.165) is 30.6 Å². The van der Waals surface area contributed by atoms with E-state index in [9.17, 15) is 9.59 Å². The van der Waals surface area contributed by atoms with E-state index in [-0.39, 0.29) is 24.4 Å². The molecule has 2 fully saturated rings. The number of likely N-dealkylation sites (N-methyl/N-ethyl adjacent to an activating group) is 1. The quantitative estimate of drug-likeness (QED) is 0.769. The van der Waals surface area contributed by atoms with Crippen LogP contribution >= 0.6 is 0 Å². The average molecular weight is 370 g/mol. The molecular weight excluding hydrogens is 348 g/mol. The molecule has 0 unspecified atom stereocenters. The summed E-state index contributed by atoms with van der Waals surface area (Å²) in [7, 11) is 3.31. The molecule has 1 aliphatic carbocycles. The average Bonchev–Trinajstić information content (AvgIpc) is 3.24. The zero-order valence-corrected chi connectivity index (χ0v) is 15.5. The number of carbonyl (C=O) groups is 2. The van der Waals surface area contributed by atoms with E-state index in [0.29, 0.717) is 18.7 Å². The number of carbonyl (C=O) groups excluding carboxylic acids is 2. The van der Waals surface area contributed by atoms with Crippen molar-refractivity contribution in [3.63, 3.8) is 0 Å². The summed E-state index contributed by atoms with van der Waals surface area (Å²) in [4.78, 5) is 28.5. The second kappa shape index (κ2) is 6.68. The molecule has 8 nitrogen and oxygen atoms in total. The lowest BCUT2D eigenvalue weighted by Gasteiger charge is -2.35. The molecule has 1 saturated carbocycles. The Kier molecular flexibility index (Phi) is 4.33. The van der Waals surface area contributed by atoms with Crippen LogP contribution in [0.4, 0.5) is 4.79 Å². The Hall–Kier alpha value is -2.90. The van der Waals surface area contributed by atoms with Crippen molar-refractivity contribution in [3.05, 3.63) is 30.2 Å². The summed E-state index contributed by atoms with van der Waals surface area (Å²) in [6.45, 7) is -0.00703. The smallest absolute Gasteiger partial charge is 0.327 e. The Morgan fingerprint density at radius 1 is 1.11 bits per heavy atom. The highest BCUT2D eigenvalue weighted by molar-refractivity contribution is 6.06. The Morgan fingerprint density at radius 3 is 2.48 bits per heavy atom. The van der Waals surface area contributed by atoms with Gasteiger partial charge < -0.3 is 14.1 Å². The molecule has 8 heteroatoms. The molecule has 1 aromatic heterocycles. The van der Waals surface area contributed by atoms with Gasteiger partial charge in [-0.2, -0.15) is 0 Å². The third kappa shape index (κ3) is 2.85. The minimum Gasteiger partial charge on any atom is -0.497 e. The van der Waals surface area contributed by atoms with Gasteiger partial charge in [-0.3, -0.25) is 9.69 Å². The van der Waals surface area contributed by atoms with Crippen molar-refractivity contribution in [2.75, 3.05) is 14.2 Å². The highest BCUT2D eigenvalue weighted by Crippen LogP contribution is 2.39. The van der Waals surface area contributed by atoms with Crippen LogP contribution in [0.3, 0.4) is 0 Å². The molecule has 2 aliphatic rings. The van der Waals surface area contributed by atoms with Gasteiger partial charge in [-0.25, -0.2) is 4.79 Å². The molecule has 2 aromatic rings. The van der Waals surface area contributed by atoms with Gasteiger partial charge >= 0.3 is 6.03 Å². The topological polar surface area (TPSA) is 88.8 Å². The number of hydrogen-bond acceptors (Lipinski definition) is 6. The predicted octanol–water partition coefficient (Wildman–Crippen LogP) is 2.84. The number of benzene rings is 1. The Morgan fingerprint density at radius 2 is 1.81 bits per heavy atom. The highest BCUT2D eigenvalue weighted by atomic mass is 16.5. The minimum atomic E-state index is -0.700. The summed E-state index contributed by atoms with van der Waals surface area (Å²) >= 11 is 0. The molecule has 1 saturated heterocycles. The summed E-state index contributed by atoms with van der Waals surface area (Å²) in [5.41, 5.74) is 0.0447. The largest absolute Gasteiger partial charge is 0.497 e. The number of methoxy groups -OCH3 is 1. The Labute approximate surface area is 157 Å². The molecule has 1 spiro atoms. The summed E-state index contributed by atoms with van der Waals surface area (Å²) in [5, 5.41) is 8.05. The third-order valence-electron chi connectivity index (χ3n) is 5.58. The third-order valence-corrected chi connectivity index (χ3v) is 5.58. The maximum Gasteiger partial charge on any atom is 0.327 e. The van der Waals surface area contributed by atoms with Crippen LogP contribution in [0.15, 0.2) is 28.7 Å². The molecule has 1 aromatic carbocycles. The zero-order chi connectivity index (χ0) is 19.0. The number of hydrogen-bond donors (Lipinski definition) is 0. The normalized spacial score (nSPS) is 19.2. The van der Waals surface area contributed by atoms with Gasteiger partial charge in [0.1, 0.15) is 17.8 Å². The maximum absolute atomic E-state index is 13.0. The van der Waals surface area contributed by atoms with Crippen LogP contribution in [0, 0.1) is 0 Å². The van der Waals surface area contributed by atoms with Crippen LogP contribution in [-0.4, -0.2) is 51.6 Å². The lowest BCUT2D eigenvalue weighted by Crippen LogP contribution is -2.49. The molecule has 4 rings (SSSR count). The minimum absolute atomic E-state index is 0.00703. The predicted molar refractivity (Wildman–Crippen MR) is 95.8 cm³/mol. The lowest BCUT2D eigenvalue weighted by molar-refractivity contribution is -0.135. The van der Waals surface area contributed by atoms with Crippen molar-refractivity contribution in [2.24, 2.45) is 0 Å². The van der Waals surface area contributed by atoms with Crippen molar-refractivity contribution >= 4 is 11.9 Å². The van der Waals surface area contributed by atoms with Gasteiger partial charge in [-0.1, -0.05) is 19.3 Å². The van der Waals surface area contributed by atoms with Crippen LogP contribution in [0.5, 0.6) is 5.75 Å². The van der Waals surface area contributed by atoms with Crippen LogP contribution in [0.25, 0.3) is 11.5 Å². The summed E-state index contributed by atoms with van der Waals surface area (Å²) in [6, 6.07) is 6.93. The standard InChI is InChI=1S/C19H22N4O4/c1-22-18(25)23(17(24)19(22)10-4-3-5-11-19)12-15-20-21-16(27-15)13-6-8-14(26-2)9-7-13/h6-9H,3-5,10-12H2,1-2H3. The lowest BCUT2D eigenvalue weighted by atomic mass is 9.81. The van der Waals surface area contributed by atoms with Crippen LogP contribution < -0.4 is 4.74 Å². The van der Waals surface area contributed by atoms with E-state index in [2.05, 4.69) is 10.2 Å². The second-order valence-electron chi connectivity index (χ2n) is 7.05. The Bertz CT molecular complexity index is 855. The van der Waals surface area contributed by atoms with E-state index in [1.807, 2.05) is 12.1 Å². The first-order valence-electron chi connectivity index (χ1n) is 9.12. The fourth-order valence-corrected chi connectivity index (χ4v) is 3.97. The summed E-state index contributed by atoms with van der Waals surface area (Å²) < 4.78 is 10.8. The fourth-order valence-electron chi connectivity index (χ4n) is 3.97. The number of nitrogens with zero attached hydrogens (tertiary/aromatic N) is 4. The van der Waals surface area contributed by atoms with Gasteiger partial charge in [0.2, 0.25) is 11.8 Å². The van der Waals surface area contributed by atoms with Crippen molar-refractivity contribution in [1.29, 1.82) is 0 Å². The molecule has 2 heterocycles. The van der Waals surface area contributed by atoms with Gasteiger partial charge in [-0.15, -0.1) is 10.2 Å². The van der Waals surface area contributed by atoms with Gasteiger partial charge in [0.25, 0.3) is 5.91 Å². The van der Waals surface area contributed by atoms with Gasteiger partial charge in [0, 0.05) is 12.6 Å². The van der Waals surface area contributed by atoms with Gasteiger partial charge in [-0.05, 0) is 37.1 Å². The molecule has 0 radical (unpaired) electrons. The molecule has 0 N–H and O–H groups in total. The SMILES string of the molecule is COc1ccc(-c2nnc(CN3C(=O)N(C)C4(CCCCC4)C3=O)o2)cc1. The Balaban J connectivity index is 1.53. The first-order chi connectivity index (χ1) is 13.0. The zero-order valence-electron chi connectivity index (χ0n) is 15.5. The molecule has 142 valence electrons. The summed E-state index contributed by atoms with van der Waals surface area (Å²) in [5.74, 6) is 1.16. The molecule has 3 amide bonds. The maximum atomic E-state index is 13.0. The molecular formula is C19H22N4O4. The van der Waals surface area contributed by atoms with Crippen molar-refractivity contribution in [1.82, 2.24) is 20.0 Å². The number of ether oxygens (including phenoxy) is 1. The van der Waals surface area contributed by atoms with Crippen LogP contribution in [-0.2, 0) is 11.3 Å². The first kappa shape index (κ1) is 17.5. The molecule has 0 bridgehead atoms. The van der Waals surface area contributed by atoms with Crippen molar-refractivity contribution in [2.45, 2.75) is 44.2 Å². The van der Waals surface area contributed by atoms with Crippen LogP contribution in [0.2, 0.25) is 0 Å². The van der Waals surface area contributed by atoms with Crippen molar-refractivity contribution in [3.8, 4) is 17.2 Å². The van der Waals surface area contributed by atoms with E-state index in [1.165, 1.54) is 4.90 Å². The molecule has 27 heavy (non-hydrogen) atoms. The van der Waals surface area contributed by atoms with E-state index in [4.69, 9.17) is 9.15 Å². The van der Waals surface area contributed by atoms with Crippen molar-refractivity contribution < 1.29 is 18.7 Å². The number of aromatic nitrogens is 2. The first-order valence-corrected chi connectivity index (χ1v) is 9.12. The summed E-state index contributed by atoms with van der Waals surface area (Å²) in [6.07, 6.45) is 4.45. The molecule has 1 aliphatic heterocycles.